The van der Waals surface area contributed by atoms with Gasteiger partial charge in [-0.3, -0.25) is 0 Å². The summed E-state index contributed by atoms with van der Waals surface area (Å²) in [5, 5.41) is 0. The van der Waals surface area contributed by atoms with Crippen LogP contribution in [0, 0.1) is 0 Å². The fourth-order valence-corrected chi connectivity index (χ4v) is 0.886. The second kappa shape index (κ2) is 1.99. The average molecular weight is 106 g/mol. The SMILES string of the molecule is C=CC1=CCC=C1C. The van der Waals surface area contributed by atoms with E-state index in [-0.39, 0.29) is 0 Å². The molecule has 8 heavy (non-hydrogen) atoms. The van der Waals surface area contributed by atoms with Crippen molar-refractivity contribution < 1.29 is 0 Å². The molecule has 0 atom stereocenters. The van der Waals surface area contributed by atoms with Gasteiger partial charge in [-0.05, 0) is 24.5 Å². The van der Waals surface area contributed by atoms with Gasteiger partial charge in [0.15, 0.2) is 0 Å². The molecule has 0 aromatic carbocycles. The van der Waals surface area contributed by atoms with Crippen molar-refractivity contribution in [2.75, 3.05) is 0 Å². The zero-order valence-corrected chi connectivity index (χ0v) is 5.15. The van der Waals surface area contributed by atoms with Crippen LogP contribution < -0.4 is 0 Å². The van der Waals surface area contributed by atoms with E-state index < -0.39 is 0 Å². The van der Waals surface area contributed by atoms with Crippen LogP contribution in [-0.4, -0.2) is 0 Å². The van der Waals surface area contributed by atoms with Crippen LogP contribution in [0.2, 0.25) is 0 Å². The molecular formula is C8H10. The fraction of sp³-hybridized carbons (Fsp3) is 0.250. The molecule has 0 spiro atoms. The van der Waals surface area contributed by atoms with Gasteiger partial charge in [0.1, 0.15) is 0 Å². The Kier molecular flexibility index (Phi) is 1.34. The second-order valence-electron chi connectivity index (χ2n) is 1.99. The third-order valence-electron chi connectivity index (χ3n) is 1.44. The van der Waals surface area contributed by atoms with E-state index in [2.05, 4.69) is 25.7 Å². The number of hydrogen-bond acceptors (Lipinski definition) is 0. The molecule has 42 valence electrons. The van der Waals surface area contributed by atoms with E-state index in [1.165, 1.54) is 11.1 Å². The van der Waals surface area contributed by atoms with Crippen molar-refractivity contribution in [1.29, 1.82) is 0 Å². The summed E-state index contributed by atoms with van der Waals surface area (Å²) in [6.07, 6.45) is 7.38. The lowest BCUT2D eigenvalue weighted by Crippen LogP contribution is -1.70. The molecular weight excluding hydrogens is 96.1 g/mol. The molecule has 0 nitrogen and oxygen atoms in total. The molecule has 1 aliphatic carbocycles. The molecule has 0 heteroatoms. The van der Waals surface area contributed by atoms with Crippen molar-refractivity contribution in [2.24, 2.45) is 0 Å². The number of hydrogen-bond donors (Lipinski definition) is 0. The molecule has 1 aliphatic rings. The zero-order valence-electron chi connectivity index (χ0n) is 5.15. The first-order valence-electron chi connectivity index (χ1n) is 2.84. The van der Waals surface area contributed by atoms with E-state index >= 15 is 0 Å². The summed E-state index contributed by atoms with van der Waals surface area (Å²) in [6.45, 7) is 5.80. The Morgan fingerprint density at radius 1 is 1.62 bits per heavy atom. The largest absolute Gasteiger partial charge is 0.0985 e. The molecule has 1 rings (SSSR count). The molecule has 0 heterocycles. The van der Waals surface area contributed by atoms with Crippen LogP contribution in [-0.2, 0) is 0 Å². The molecule has 0 radical (unpaired) electrons. The van der Waals surface area contributed by atoms with E-state index in [4.69, 9.17) is 0 Å². The third kappa shape index (κ3) is 0.738. The van der Waals surface area contributed by atoms with Gasteiger partial charge in [-0.2, -0.15) is 0 Å². The summed E-state index contributed by atoms with van der Waals surface area (Å²) in [7, 11) is 0. The van der Waals surface area contributed by atoms with Gasteiger partial charge in [0.2, 0.25) is 0 Å². The van der Waals surface area contributed by atoms with Crippen LogP contribution in [0.15, 0.2) is 36.0 Å². The first-order valence-corrected chi connectivity index (χ1v) is 2.84. The van der Waals surface area contributed by atoms with Crippen molar-refractivity contribution in [1.82, 2.24) is 0 Å². The molecule has 0 aliphatic heterocycles. The van der Waals surface area contributed by atoms with Crippen LogP contribution in [0.1, 0.15) is 13.3 Å². The summed E-state index contributed by atoms with van der Waals surface area (Å²) in [5.74, 6) is 0. The van der Waals surface area contributed by atoms with Crippen molar-refractivity contribution in [3.63, 3.8) is 0 Å². The highest BCUT2D eigenvalue weighted by molar-refractivity contribution is 5.42. The Morgan fingerprint density at radius 2 is 2.38 bits per heavy atom. The number of rotatable bonds is 1. The minimum absolute atomic E-state index is 1.09. The van der Waals surface area contributed by atoms with Crippen molar-refractivity contribution in [3.8, 4) is 0 Å². The lowest BCUT2D eigenvalue weighted by molar-refractivity contribution is 1.42. The van der Waals surface area contributed by atoms with E-state index in [0.717, 1.165) is 6.42 Å². The summed E-state index contributed by atoms with van der Waals surface area (Å²) in [4.78, 5) is 0. The Balaban J connectivity index is 2.81. The van der Waals surface area contributed by atoms with Gasteiger partial charge < -0.3 is 0 Å². The highest BCUT2D eigenvalue weighted by Gasteiger charge is 1.98. The second-order valence-corrected chi connectivity index (χ2v) is 1.99. The predicted octanol–water partition coefficient (Wildman–Crippen LogP) is 2.45. The van der Waals surface area contributed by atoms with Crippen LogP contribution >= 0.6 is 0 Å². The maximum Gasteiger partial charge on any atom is -0.0154 e. The molecule has 0 aromatic rings. The van der Waals surface area contributed by atoms with Gasteiger partial charge in [-0.1, -0.05) is 24.8 Å². The Morgan fingerprint density at radius 3 is 2.62 bits per heavy atom. The Hall–Kier alpha value is -0.780. The third-order valence-corrected chi connectivity index (χ3v) is 1.44. The van der Waals surface area contributed by atoms with Crippen LogP contribution in [0.25, 0.3) is 0 Å². The molecule has 0 unspecified atom stereocenters. The van der Waals surface area contributed by atoms with Gasteiger partial charge in [0.05, 0.1) is 0 Å². The molecule has 0 N–H and O–H groups in total. The normalized spacial score (nSPS) is 17.6. The van der Waals surface area contributed by atoms with Gasteiger partial charge in [0, 0.05) is 0 Å². The Bertz CT molecular complexity index is 159. The molecule has 0 saturated heterocycles. The minimum Gasteiger partial charge on any atom is -0.0985 e. The van der Waals surface area contributed by atoms with Crippen molar-refractivity contribution in [3.05, 3.63) is 36.0 Å². The van der Waals surface area contributed by atoms with Gasteiger partial charge >= 0.3 is 0 Å². The average Bonchev–Trinajstić information content (AvgIpc) is 2.14. The summed E-state index contributed by atoms with van der Waals surface area (Å²) in [5.41, 5.74) is 2.66. The van der Waals surface area contributed by atoms with E-state index in [1.807, 2.05) is 6.08 Å². The highest BCUT2D eigenvalue weighted by Crippen LogP contribution is 2.17. The summed E-state index contributed by atoms with van der Waals surface area (Å²) in [6, 6.07) is 0. The smallest absolute Gasteiger partial charge is 0.0154 e. The number of allylic oxidation sites excluding steroid dienone is 5. The first kappa shape index (κ1) is 5.36. The topological polar surface area (TPSA) is 0 Å². The predicted molar refractivity (Wildman–Crippen MR) is 36.7 cm³/mol. The highest BCUT2D eigenvalue weighted by atomic mass is 14.0. The quantitative estimate of drug-likeness (QED) is 0.481. The summed E-state index contributed by atoms with van der Waals surface area (Å²) < 4.78 is 0. The van der Waals surface area contributed by atoms with E-state index in [0.29, 0.717) is 0 Å². The molecule has 0 fully saturated rings. The van der Waals surface area contributed by atoms with Gasteiger partial charge in [0.25, 0.3) is 0 Å². The minimum atomic E-state index is 1.09. The maximum atomic E-state index is 3.68. The monoisotopic (exact) mass is 106 g/mol. The first-order chi connectivity index (χ1) is 3.84. The van der Waals surface area contributed by atoms with Gasteiger partial charge in [-0.15, -0.1) is 0 Å². The molecule has 0 amide bonds. The maximum absolute atomic E-state index is 3.68. The zero-order chi connectivity index (χ0) is 5.98. The molecule has 0 saturated carbocycles. The van der Waals surface area contributed by atoms with E-state index in [1.54, 1.807) is 0 Å². The van der Waals surface area contributed by atoms with Crippen molar-refractivity contribution >= 4 is 0 Å². The summed E-state index contributed by atoms with van der Waals surface area (Å²) >= 11 is 0. The standard InChI is InChI=1S/C8H10/c1-3-8-6-4-5-7(8)2/h3,5-6H,1,4H2,2H3. The van der Waals surface area contributed by atoms with Crippen LogP contribution in [0.4, 0.5) is 0 Å². The molecule has 0 bridgehead atoms. The molecule has 0 aromatic heterocycles. The van der Waals surface area contributed by atoms with Crippen LogP contribution in [0.5, 0.6) is 0 Å². The van der Waals surface area contributed by atoms with E-state index in [9.17, 15) is 0 Å². The lowest BCUT2D eigenvalue weighted by atomic mass is 10.2. The lowest BCUT2D eigenvalue weighted by Gasteiger charge is -1.90. The van der Waals surface area contributed by atoms with Gasteiger partial charge in [-0.25, -0.2) is 0 Å². The van der Waals surface area contributed by atoms with Crippen molar-refractivity contribution in [2.45, 2.75) is 13.3 Å². The fourth-order valence-electron chi connectivity index (χ4n) is 0.886. The van der Waals surface area contributed by atoms with Crippen LogP contribution in [0.3, 0.4) is 0 Å². The Labute approximate surface area is 50.2 Å².